The highest BCUT2D eigenvalue weighted by Crippen LogP contribution is 2.15. The van der Waals surface area contributed by atoms with Crippen LogP contribution in [0, 0.1) is 0 Å². The van der Waals surface area contributed by atoms with Crippen LogP contribution in [0.1, 0.15) is 31.5 Å². The van der Waals surface area contributed by atoms with Gasteiger partial charge in [0.15, 0.2) is 0 Å². The topological polar surface area (TPSA) is 47.3 Å². The fourth-order valence-electron chi connectivity index (χ4n) is 1.39. The monoisotopic (exact) mass is 266 g/mol. The van der Waals surface area contributed by atoms with E-state index in [-0.39, 0.29) is 19.1 Å². The number of hydrogen-bond acceptors (Lipinski definition) is 4. The molecule has 0 aliphatic heterocycles. The molecular weight excluding hydrogens is 249 g/mol. The van der Waals surface area contributed by atoms with Gasteiger partial charge in [-0.25, -0.2) is 4.98 Å². The van der Waals surface area contributed by atoms with Crippen LogP contribution in [0.2, 0.25) is 0 Å². The minimum atomic E-state index is -4.29. The lowest BCUT2D eigenvalue weighted by Crippen LogP contribution is -2.18. The van der Waals surface area contributed by atoms with Gasteiger partial charge in [0, 0.05) is 6.42 Å². The van der Waals surface area contributed by atoms with Gasteiger partial charge in [0.25, 0.3) is 0 Å². The largest absolute Gasteiger partial charge is 0.444 e. The van der Waals surface area contributed by atoms with Crippen LogP contribution in [-0.4, -0.2) is 30.9 Å². The first-order valence-corrected chi connectivity index (χ1v) is 5.75. The Bertz CT molecular complexity index is 352. The van der Waals surface area contributed by atoms with Crippen molar-refractivity contribution < 1.29 is 22.3 Å². The van der Waals surface area contributed by atoms with Crippen LogP contribution in [0.4, 0.5) is 13.2 Å². The maximum atomic E-state index is 11.8. The fourth-order valence-corrected chi connectivity index (χ4v) is 1.39. The predicted octanol–water partition coefficient (Wildman–Crippen LogP) is 2.47. The molecule has 0 bridgehead atoms. The van der Waals surface area contributed by atoms with E-state index < -0.39 is 12.8 Å². The number of halogens is 3. The van der Waals surface area contributed by atoms with Crippen molar-refractivity contribution in [1.29, 1.82) is 0 Å². The second-order valence-electron chi connectivity index (χ2n) is 3.86. The Hall–Kier alpha value is -1.08. The number of nitrogens with zero attached hydrogens (tertiary/aromatic N) is 1. The molecule has 7 heteroatoms. The zero-order valence-electron chi connectivity index (χ0n) is 10.4. The Morgan fingerprint density at radius 3 is 2.83 bits per heavy atom. The molecule has 0 aromatic carbocycles. The van der Waals surface area contributed by atoms with Crippen LogP contribution in [0.3, 0.4) is 0 Å². The summed E-state index contributed by atoms with van der Waals surface area (Å²) in [5, 5.41) is 3.13. The summed E-state index contributed by atoms with van der Waals surface area (Å²) in [5.74, 6) is 1.06. The number of alkyl halides is 3. The molecule has 0 aliphatic carbocycles. The molecule has 0 fully saturated rings. The lowest BCUT2D eigenvalue weighted by Gasteiger charge is -2.07. The summed E-state index contributed by atoms with van der Waals surface area (Å²) in [5.41, 5.74) is 0. The number of rotatable bonds is 7. The normalized spacial score (nSPS) is 13.8. The van der Waals surface area contributed by atoms with E-state index in [1.165, 1.54) is 6.20 Å². The highest BCUT2D eigenvalue weighted by Gasteiger charge is 2.27. The molecule has 0 saturated carbocycles. The van der Waals surface area contributed by atoms with E-state index in [2.05, 4.69) is 15.0 Å². The molecule has 0 saturated heterocycles. The van der Waals surface area contributed by atoms with E-state index >= 15 is 0 Å². The van der Waals surface area contributed by atoms with Gasteiger partial charge in [-0.2, -0.15) is 13.2 Å². The first-order chi connectivity index (χ1) is 8.42. The van der Waals surface area contributed by atoms with Crippen molar-refractivity contribution in [2.24, 2.45) is 0 Å². The molecule has 0 spiro atoms. The highest BCUT2D eigenvalue weighted by atomic mass is 19.4. The molecule has 4 nitrogen and oxygen atoms in total. The number of oxazole rings is 1. The van der Waals surface area contributed by atoms with Gasteiger partial charge in [0.1, 0.15) is 12.4 Å². The summed E-state index contributed by atoms with van der Waals surface area (Å²) in [6.07, 6.45) is -2.49. The third-order valence-electron chi connectivity index (χ3n) is 2.21. The van der Waals surface area contributed by atoms with Gasteiger partial charge >= 0.3 is 6.18 Å². The number of ether oxygens (including phenoxy) is 1. The third-order valence-corrected chi connectivity index (χ3v) is 2.21. The van der Waals surface area contributed by atoms with E-state index in [0.717, 1.165) is 6.54 Å². The summed E-state index contributed by atoms with van der Waals surface area (Å²) in [6, 6.07) is -0.0140. The zero-order chi connectivity index (χ0) is 13.6. The molecule has 1 rings (SSSR count). The summed E-state index contributed by atoms with van der Waals surface area (Å²) in [4.78, 5) is 4.06. The summed E-state index contributed by atoms with van der Waals surface area (Å²) >= 11 is 0. The SMILES string of the molecule is CCNC(C)c1ncc(CCOCC(F)(F)F)o1. The summed E-state index contributed by atoms with van der Waals surface area (Å²) in [7, 11) is 0. The fraction of sp³-hybridized carbons (Fsp3) is 0.727. The standard InChI is InChI=1S/C11H17F3N2O2/c1-3-15-8(2)10-16-6-9(18-10)4-5-17-7-11(12,13)14/h6,8,15H,3-5,7H2,1-2H3. The molecule has 18 heavy (non-hydrogen) atoms. The molecule has 1 aromatic rings. The maximum Gasteiger partial charge on any atom is 0.411 e. The smallest absolute Gasteiger partial charge is 0.411 e. The average Bonchev–Trinajstić information content (AvgIpc) is 2.72. The van der Waals surface area contributed by atoms with Gasteiger partial charge in [0.05, 0.1) is 18.8 Å². The van der Waals surface area contributed by atoms with Crippen LogP contribution in [0.15, 0.2) is 10.6 Å². The molecule has 1 aromatic heterocycles. The van der Waals surface area contributed by atoms with Crippen molar-refractivity contribution in [3.05, 3.63) is 17.8 Å². The average molecular weight is 266 g/mol. The van der Waals surface area contributed by atoms with Crippen molar-refractivity contribution in [2.45, 2.75) is 32.5 Å². The van der Waals surface area contributed by atoms with Crippen molar-refractivity contribution in [3.8, 4) is 0 Å². The lowest BCUT2D eigenvalue weighted by molar-refractivity contribution is -0.173. The van der Waals surface area contributed by atoms with E-state index in [4.69, 9.17) is 4.42 Å². The van der Waals surface area contributed by atoms with Gasteiger partial charge in [-0.3, -0.25) is 0 Å². The van der Waals surface area contributed by atoms with Crippen molar-refractivity contribution in [1.82, 2.24) is 10.3 Å². The Kier molecular flexibility index (Phi) is 5.61. The van der Waals surface area contributed by atoms with Crippen LogP contribution in [0.5, 0.6) is 0 Å². The molecule has 1 unspecified atom stereocenters. The highest BCUT2D eigenvalue weighted by molar-refractivity contribution is 4.97. The van der Waals surface area contributed by atoms with Crippen LogP contribution in [0.25, 0.3) is 0 Å². The van der Waals surface area contributed by atoms with Gasteiger partial charge in [0.2, 0.25) is 5.89 Å². The zero-order valence-corrected chi connectivity index (χ0v) is 10.4. The second kappa shape index (κ2) is 6.75. The molecule has 0 aliphatic rings. The van der Waals surface area contributed by atoms with Crippen LogP contribution >= 0.6 is 0 Å². The molecule has 0 radical (unpaired) electrons. The van der Waals surface area contributed by atoms with Gasteiger partial charge in [-0.15, -0.1) is 0 Å². The van der Waals surface area contributed by atoms with E-state index in [1.54, 1.807) is 0 Å². The predicted molar refractivity (Wildman–Crippen MR) is 59.2 cm³/mol. The van der Waals surface area contributed by atoms with Gasteiger partial charge in [-0.05, 0) is 13.5 Å². The first-order valence-electron chi connectivity index (χ1n) is 5.75. The van der Waals surface area contributed by atoms with Crippen molar-refractivity contribution in [3.63, 3.8) is 0 Å². The van der Waals surface area contributed by atoms with E-state index in [0.29, 0.717) is 11.7 Å². The molecule has 104 valence electrons. The summed E-state index contributed by atoms with van der Waals surface area (Å²) in [6.45, 7) is 3.38. The first kappa shape index (κ1) is 15.0. The minimum absolute atomic E-state index is 0.0140. The van der Waals surface area contributed by atoms with Crippen molar-refractivity contribution >= 4 is 0 Å². The molecule has 0 amide bonds. The Labute approximate surface area is 104 Å². The Morgan fingerprint density at radius 2 is 2.22 bits per heavy atom. The Morgan fingerprint density at radius 1 is 1.50 bits per heavy atom. The lowest BCUT2D eigenvalue weighted by atomic mass is 10.3. The second-order valence-corrected chi connectivity index (χ2v) is 3.86. The Balaban J connectivity index is 2.31. The quantitative estimate of drug-likeness (QED) is 0.770. The number of hydrogen-bond donors (Lipinski definition) is 1. The number of aromatic nitrogens is 1. The molecule has 1 heterocycles. The van der Waals surface area contributed by atoms with Crippen molar-refractivity contribution in [2.75, 3.05) is 19.8 Å². The third kappa shape index (κ3) is 5.50. The molecule has 1 N–H and O–H groups in total. The van der Waals surface area contributed by atoms with Crippen LogP contribution in [-0.2, 0) is 11.2 Å². The van der Waals surface area contributed by atoms with Crippen LogP contribution < -0.4 is 5.32 Å². The maximum absolute atomic E-state index is 11.8. The van der Waals surface area contributed by atoms with Gasteiger partial charge in [-0.1, -0.05) is 6.92 Å². The number of nitrogens with one attached hydrogen (secondary N) is 1. The minimum Gasteiger partial charge on any atom is -0.444 e. The van der Waals surface area contributed by atoms with Gasteiger partial charge < -0.3 is 14.5 Å². The molecule has 1 atom stereocenters. The summed E-state index contributed by atoms with van der Waals surface area (Å²) < 4.78 is 45.3. The van der Waals surface area contributed by atoms with E-state index in [9.17, 15) is 13.2 Å². The molecular formula is C11H17F3N2O2. The van der Waals surface area contributed by atoms with E-state index in [1.807, 2.05) is 13.8 Å².